The van der Waals surface area contributed by atoms with Gasteiger partial charge in [0, 0.05) is 23.1 Å². The molecule has 0 N–H and O–H groups in total. The second kappa shape index (κ2) is 4.26. The fourth-order valence-corrected chi connectivity index (χ4v) is 1.75. The molecule has 0 saturated carbocycles. The molecule has 0 spiro atoms. The average molecular weight is 240 g/mol. The van der Waals surface area contributed by atoms with Crippen LogP contribution < -0.4 is 0 Å². The van der Waals surface area contributed by atoms with E-state index >= 15 is 0 Å². The Morgan fingerprint density at radius 3 is 2.69 bits per heavy atom. The topological polar surface area (TPSA) is 47.0 Å². The van der Waals surface area contributed by atoms with Crippen molar-refractivity contribution >= 4 is 31.3 Å². The Labute approximate surface area is 86.1 Å². The Balaban J connectivity index is 2.71. The Kier molecular flexibility index (Phi) is 3.53. The van der Waals surface area contributed by atoms with Gasteiger partial charge in [0.2, 0.25) is 9.05 Å². The van der Waals surface area contributed by atoms with Gasteiger partial charge < -0.3 is 0 Å². The van der Waals surface area contributed by atoms with Gasteiger partial charge in [-0.1, -0.05) is 11.6 Å². The highest BCUT2D eigenvalue weighted by Gasteiger charge is 2.07. The van der Waals surface area contributed by atoms with Gasteiger partial charge in [0.25, 0.3) is 0 Å². The molecule has 0 aromatic carbocycles. The van der Waals surface area contributed by atoms with Crippen LogP contribution >= 0.6 is 22.3 Å². The molecule has 0 aliphatic heterocycles. The molecule has 13 heavy (non-hydrogen) atoms. The Hall–Kier alpha value is -0.320. The first-order valence-corrected chi connectivity index (χ1v) is 6.35. The van der Waals surface area contributed by atoms with Crippen LogP contribution in [0.4, 0.5) is 0 Å². The van der Waals surface area contributed by atoms with Crippen LogP contribution in [0.15, 0.2) is 18.5 Å². The molecule has 6 heteroatoms. The van der Waals surface area contributed by atoms with E-state index in [0.717, 1.165) is 5.56 Å². The standard InChI is InChI=1S/C7H7Cl2NO2S/c8-7-5-10-3-1-6(7)2-4-13(9,11)12/h1,3,5H,2,4H2. The van der Waals surface area contributed by atoms with Gasteiger partial charge in [0.15, 0.2) is 0 Å². The van der Waals surface area contributed by atoms with Crippen LogP contribution in [0.25, 0.3) is 0 Å². The molecule has 1 heterocycles. The summed E-state index contributed by atoms with van der Waals surface area (Å²) in [5.41, 5.74) is 0.737. The molecular weight excluding hydrogens is 233 g/mol. The molecule has 0 radical (unpaired) electrons. The van der Waals surface area contributed by atoms with Crippen molar-refractivity contribution in [3.63, 3.8) is 0 Å². The summed E-state index contributed by atoms with van der Waals surface area (Å²) in [6.07, 6.45) is 3.34. The van der Waals surface area contributed by atoms with E-state index in [0.29, 0.717) is 11.4 Å². The summed E-state index contributed by atoms with van der Waals surface area (Å²) in [5, 5.41) is 0.461. The fourth-order valence-electron chi connectivity index (χ4n) is 0.839. The minimum Gasteiger partial charge on any atom is -0.263 e. The highest BCUT2D eigenvalue weighted by atomic mass is 35.7. The minimum absolute atomic E-state index is 0.113. The predicted octanol–water partition coefficient (Wildman–Crippen LogP) is 1.85. The van der Waals surface area contributed by atoms with Gasteiger partial charge in [-0.2, -0.15) is 0 Å². The highest BCUT2D eigenvalue weighted by molar-refractivity contribution is 8.13. The SMILES string of the molecule is O=S(=O)(Cl)CCc1ccncc1Cl. The maximum absolute atomic E-state index is 10.6. The summed E-state index contributed by atoms with van der Waals surface area (Å²) in [5.74, 6) is -0.113. The lowest BCUT2D eigenvalue weighted by Crippen LogP contribution is -2.01. The molecular formula is C7H7Cl2NO2S. The van der Waals surface area contributed by atoms with Crippen LogP contribution in [0, 0.1) is 0 Å². The fraction of sp³-hybridized carbons (Fsp3) is 0.286. The molecule has 1 rings (SSSR count). The highest BCUT2D eigenvalue weighted by Crippen LogP contribution is 2.15. The van der Waals surface area contributed by atoms with Gasteiger partial charge in [-0.15, -0.1) is 0 Å². The Bertz CT molecular complexity index is 391. The van der Waals surface area contributed by atoms with Crippen LogP contribution in [0.3, 0.4) is 0 Å². The van der Waals surface area contributed by atoms with E-state index in [1.807, 2.05) is 0 Å². The molecule has 0 atom stereocenters. The van der Waals surface area contributed by atoms with Crippen molar-refractivity contribution < 1.29 is 8.42 Å². The third-order valence-electron chi connectivity index (χ3n) is 1.47. The van der Waals surface area contributed by atoms with Crippen molar-refractivity contribution in [2.45, 2.75) is 6.42 Å². The van der Waals surface area contributed by atoms with Gasteiger partial charge in [0.05, 0.1) is 10.8 Å². The molecule has 0 amide bonds. The second-order valence-electron chi connectivity index (χ2n) is 2.46. The molecule has 0 aliphatic rings. The van der Waals surface area contributed by atoms with Crippen LogP contribution in [0.1, 0.15) is 5.56 Å². The normalized spacial score (nSPS) is 11.5. The lowest BCUT2D eigenvalue weighted by atomic mass is 10.2. The molecule has 72 valence electrons. The number of pyridine rings is 1. The van der Waals surface area contributed by atoms with Crippen LogP contribution in [-0.2, 0) is 15.5 Å². The third kappa shape index (κ3) is 3.93. The van der Waals surface area contributed by atoms with Gasteiger partial charge in [-0.25, -0.2) is 8.42 Å². The Morgan fingerprint density at radius 2 is 2.15 bits per heavy atom. The Morgan fingerprint density at radius 1 is 1.46 bits per heavy atom. The zero-order valence-corrected chi connectivity index (χ0v) is 8.90. The number of nitrogens with zero attached hydrogens (tertiary/aromatic N) is 1. The number of aryl methyl sites for hydroxylation is 1. The summed E-state index contributed by atoms with van der Waals surface area (Å²) in [6.45, 7) is 0. The zero-order chi connectivity index (χ0) is 9.90. The van der Waals surface area contributed by atoms with Crippen molar-refractivity contribution in [3.05, 3.63) is 29.0 Å². The molecule has 0 fully saturated rings. The molecule has 3 nitrogen and oxygen atoms in total. The molecule has 0 unspecified atom stereocenters. The zero-order valence-electron chi connectivity index (χ0n) is 6.57. The van der Waals surface area contributed by atoms with Crippen LogP contribution in [-0.4, -0.2) is 19.2 Å². The molecule has 1 aromatic rings. The maximum atomic E-state index is 10.6. The van der Waals surface area contributed by atoms with Crippen molar-refractivity contribution in [2.75, 3.05) is 5.75 Å². The van der Waals surface area contributed by atoms with E-state index in [4.69, 9.17) is 22.3 Å². The van der Waals surface area contributed by atoms with E-state index in [2.05, 4.69) is 4.98 Å². The smallest absolute Gasteiger partial charge is 0.232 e. The van der Waals surface area contributed by atoms with Gasteiger partial charge in [-0.3, -0.25) is 4.98 Å². The largest absolute Gasteiger partial charge is 0.263 e. The van der Waals surface area contributed by atoms with Crippen LogP contribution in [0.2, 0.25) is 5.02 Å². The summed E-state index contributed by atoms with van der Waals surface area (Å²) in [4.78, 5) is 3.77. The second-order valence-corrected chi connectivity index (χ2v) is 5.76. The first-order valence-electron chi connectivity index (χ1n) is 3.50. The first-order chi connectivity index (χ1) is 5.99. The van der Waals surface area contributed by atoms with E-state index in [-0.39, 0.29) is 5.75 Å². The summed E-state index contributed by atoms with van der Waals surface area (Å²) in [6, 6.07) is 1.67. The summed E-state index contributed by atoms with van der Waals surface area (Å²) < 4.78 is 21.2. The lowest BCUT2D eigenvalue weighted by Gasteiger charge is -2.00. The molecule has 0 bridgehead atoms. The van der Waals surface area contributed by atoms with Crippen molar-refractivity contribution in [2.24, 2.45) is 0 Å². The number of hydrogen-bond donors (Lipinski definition) is 0. The lowest BCUT2D eigenvalue weighted by molar-refractivity contribution is 0.609. The van der Waals surface area contributed by atoms with E-state index in [1.165, 1.54) is 6.20 Å². The van der Waals surface area contributed by atoms with Crippen molar-refractivity contribution in [1.29, 1.82) is 0 Å². The summed E-state index contributed by atoms with van der Waals surface area (Å²) in [7, 11) is 1.60. The van der Waals surface area contributed by atoms with Crippen LogP contribution in [0.5, 0.6) is 0 Å². The molecule has 0 aliphatic carbocycles. The quantitative estimate of drug-likeness (QED) is 0.757. The van der Waals surface area contributed by atoms with Gasteiger partial charge in [0.1, 0.15) is 0 Å². The number of rotatable bonds is 3. The monoisotopic (exact) mass is 239 g/mol. The number of hydrogen-bond acceptors (Lipinski definition) is 3. The van der Waals surface area contributed by atoms with E-state index in [9.17, 15) is 8.42 Å². The first kappa shape index (κ1) is 10.8. The van der Waals surface area contributed by atoms with Crippen molar-refractivity contribution in [3.8, 4) is 0 Å². The third-order valence-corrected chi connectivity index (χ3v) is 2.97. The molecule has 0 saturated heterocycles. The van der Waals surface area contributed by atoms with E-state index in [1.54, 1.807) is 12.3 Å². The minimum atomic E-state index is -3.45. The van der Waals surface area contributed by atoms with Gasteiger partial charge in [-0.05, 0) is 18.1 Å². The maximum Gasteiger partial charge on any atom is 0.232 e. The molecule has 1 aromatic heterocycles. The van der Waals surface area contributed by atoms with E-state index < -0.39 is 9.05 Å². The number of halogens is 2. The predicted molar refractivity (Wildman–Crippen MR) is 52.6 cm³/mol. The van der Waals surface area contributed by atoms with Crippen molar-refractivity contribution in [1.82, 2.24) is 4.98 Å². The van der Waals surface area contributed by atoms with Gasteiger partial charge >= 0.3 is 0 Å². The summed E-state index contributed by atoms with van der Waals surface area (Å²) >= 11 is 5.75. The average Bonchev–Trinajstić information content (AvgIpc) is 2.01. The number of aromatic nitrogens is 1.